The number of phenols is 1. The zero-order valence-electron chi connectivity index (χ0n) is 13.3. The quantitative estimate of drug-likeness (QED) is 0.880. The number of aromatic hydroxyl groups is 1. The molecular weight excluding hydrogens is 278 g/mol. The molecule has 112 valence electrons. The number of hydrogen-bond donors (Lipinski definition) is 1. The molecule has 0 aliphatic heterocycles. The first-order chi connectivity index (χ1) is 9.87. The summed E-state index contributed by atoms with van der Waals surface area (Å²) in [5, 5.41) is 12.4. The van der Waals surface area contributed by atoms with Gasteiger partial charge in [0.25, 0.3) is 0 Å². The first-order valence-electron chi connectivity index (χ1n) is 7.02. The molecule has 0 unspecified atom stereocenters. The molecule has 0 aliphatic rings. The predicted molar refractivity (Wildman–Crippen MR) is 92.2 cm³/mol. The van der Waals surface area contributed by atoms with Crippen molar-refractivity contribution in [3.05, 3.63) is 42.5 Å². The fourth-order valence-electron chi connectivity index (χ4n) is 2.56. The Hall–Kier alpha value is -1.94. The Balaban J connectivity index is 2.49. The molecule has 0 aromatic heterocycles. The number of nitrogens with zero attached hydrogens (tertiary/aromatic N) is 1. The highest BCUT2D eigenvalue weighted by atomic mass is 28.3. The van der Waals surface area contributed by atoms with Crippen LogP contribution in [0.2, 0.25) is 13.1 Å². The Bertz CT molecular complexity index is 621. The minimum Gasteiger partial charge on any atom is -0.504 e. The van der Waals surface area contributed by atoms with E-state index in [4.69, 9.17) is 4.74 Å². The van der Waals surface area contributed by atoms with Crippen LogP contribution < -0.4 is 20.0 Å². The number of hydrogen-bond acceptors (Lipinski definition) is 3. The van der Waals surface area contributed by atoms with Gasteiger partial charge in [-0.1, -0.05) is 42.5 Å². The first kappa shape index (κ1) is 15.4. The van der Waals surface area contributed by atoms with Gasteiger partial charge >= 0.3 is 0 Å². The van der Waals surface area contributed by atoms with Crippen LogP contribution in [-0.2, 0) is 0 Å². The van der Waals surface area contributed by atoms with Crippen LogP contribution in [0.1, 0.15) is 0 Å². The molecule has 0 amide bonds. The summed E-state index contributed by atoms with van der Waals surface area (Å²) in [7, 11) is 3.77. The summed E-state index contributed by atoms with van der Waals surface area (Å²) in [6, 6.07) is 14.3. The maximum atomic E-state index is 10.0. The summed E-state index contributed by atoms with van der Waals surface area (Å²) >= 11 is 0. The first-order valence-corrected chi connectivity index (χ1v) is 10.0. The lowest BCUT2D eigenvalue weighted by molar-refractivity contribution is 0.376. The predicted octanol–water partition coefficient (Wildman–Crippen LogP) is 2.29. The number of methoxy groups -OCH3 is 1. The molecule has 0 saturated heterocycles. The Kier molecular flexibility index (Phi) is 4.28. The van der Waals surface area contributed by atoms with Crippen LogP contribution in [-0.4, -0.2) is 34.4 Å². The van der Waals surface area contributed by atoms with Gasteiger partial charge in [-0.3, -0.25) is 0 Å². The van der Waals surface area contributed by atoms with Crippen molar-refractivity contribution < 1.29 is 9.84 Å². The molecule has 0 aliphatic carbocycles. The lowest BCUT2D eigenvalue weighted by Crippen LogP contribution is -2.53. The second-order valence-corrected chi connectivity index (χ2v) is 10.3. The van der Waals surface area contributed by atoms with E-state index in [0.717, 1.165) is 5.19 Å². The maximum Gasteiger partial charge on any atom is 0.160 e. The second kappa shape index (κ2) is 5.82. The van der Waals surface area contributed by atoms with Crippen molar-refractivity contribution in [2.75, 3.05) is 26.1 Å². The number of para-hydroxylation sites is 1. The number of benzene rings is 2. The van der Waals surface area contributed by atoms with Gasteiger partial charge in [-0.15, -0.1) is 0 Å². The van der Waals surface area contributed by atoms with E-state index in [2.05, 4.69) is 48.3 Å². The molecule has 2 rings (SSSR count). The van der Waals surface area contributed by atoms with Crippen LogP contribution in [0.15, 0.2) is 42.5 Å². The summed E-state index contributed by atoms with van der Waals surface area (Å²) < 4.78 is 5.42. The van der Waals surface area contributed by atoms with Gasteiger partial charge in [-0.05, 0) is 23.4 Å². The van der Waals surface area contributed by atoms with Crippen molar-refractivity contribution in [2.45, 2.75) is 13.1 Å². The van der Waals surface area contributed by atoms with Crippen LogP contribution in [0.4, 0.5) is 5.69 Å². The average molecular weight is 301 g/mol. The minimum absolute atomic E-state index is 0.209. The molecule has 21 heavy (non-hydrogen) atoms. The third-order valence-corrected chi connectivity index (χ3v) is 7.49. The molecule has 4 heteroatoms. The smallest absolute Gasteiger partial charge is 0.160 e. The summed E-state index contributed by atoms with van der Waals surface area (Å²) in [5.74, 6) is 0.811. The normalized spacial score (nSPS) is 11.3. The van der Waals surface area contributed by atoms with E-state index in [9.17, 15) is 5.11 Å². The average Bonchev–Trinajstić information content (AvgIpc) is 2.47. The SMILES string of the molecule is COc1c(O)cccc1[Si](C)(C)c1ccc(N(C)C)cc1. The Morgan fingerprint density at radius 3 is 2.14 bits per heavy atom. The molecule has 0 heterocycles. The van der Waals surface area contributed by atoms with E-state index in [1.165, 1.54) is 10.9 Å². The van der Waals surface area contributed by atoms with E-state index < -0.39 is 8.07 Å². The largest absolute Gasteiger partial charge is 0.504 e. The summed E-state index contributed by atoms with van der Waals surface area (Å²) in [6.45, 7) is 4.55. The zero-order chi connectivity index (χ0) is 15.6. The van der Waals surface area contributed by atoms with E-state index in [0.29, 0.717) is 5.75 Å². The van der Waals surface area contributed by atoms with Gasteiger partial charge in [-0.25, -0.2) is 0 Å². The van der Waals surface area contributed by atoms with Gasteiger partial charge in [0.15, 0.2) is 11.5 Å². The molecule has 0 radical (unpaired) electrons. The topological polar surface area (TPSA) is 32.7 Å². The van der Waals surface area contributed by atoms with E-state index >= 15 is 0 Å². The number of rotatable bonds is 4. The van der Waals surface area contributed by atoms with Crippen molar-refractivity contribution >= 4 is 24.1 Å². The van der Waals surface area contributed by atoms with E-state index in [1.807, 2.05) is 20.2 Å². The molecule has 3 nitrogen and oxygen atoms in total. The summed E-state index contributed by atoms with van der Waals surface area (Å²) in [4.78, 5) is 2.09. The Labute approximate surface area is 127 Å². The fourth-order valence-corrected chi connectivity index (χ4v) is 5.18. The van der Waals surface area contributed by atoms with Crippen LogP contribution in [0.3, 0.4) is 0 Å². The van der Waals surface area contributed by atoms with Crippen molar-refractivity contribution in [1.29, 1.82) is 0 Å². The monoisotopic (exact) mass is 301 g/mol. The van der Waals surface area contributed by atoms with Gasteiger partial charge in [-0.2, -0.15) is 0 Å². The molecule has 0 bridgehead atoms. The Morgan fingerprint density at radius 2 is 1.62 bits per heavy atom. The number of phenolic OH excluding ortho intramolecular Hbond substituents is 1. The molecule has 2 aromatic rings. The lowest BCUT2D eigenvalue weighted by atomic mass is 10.3. The molecule has 0 fully saturated rings. The summed E-state index contributed by atoms with van der Waals surface area (Å²) in [6.07, 6.45) is 0. The second-order valence-electron chi connectivity index (χ2n) is 5.92. The van der Waals surface area contributed by atoms with Crippen LogP contribution >= 0.6 is 0 Å². The third-order valence-electron chi connectivity index (χ3n) is 3.98. The number of ether oxygens (including phenoxy) is 1. The highest BCUT2D eigenvalue weighted by Crippen LogP contribution is 2.25. The molecule has 1 N–H and O–H groups in total. The highest BCUT2D eigenvalue weighted by Gasteiger charge is 2.30. The Morgan fingerprint density at radius 1 is 1.00 bits per heavy atom. The summed E-state index contributed by atoms with van der Waals surface area (Å²) in [5.41, 5.74) is 1.19. The van der Waals surface area contributed by atoms with E-state index in [-0.39, 0.29) is 5.75 Å². The molecule has 0 spiro atoms. The van der Waals surface area contributed by atoms with Gasteiger partial charge in [0.05, 0.1) is 7.11 Å². The molecular formula is C17H23NO2Si. The molecule has 0 atom stereocenters. The van der Waals surface area contributed by atoms with Gasteiger partial charge in [0, 0.05) is 19.8 Å². The van der Waals surface area contributed by atoms with E-state index in [1.54, 1.807) is 13.2 Å². The van der Waals surface area contributed by atoms with Gasteiger partial charge in [0.1, 0.15) is 8.07 Å². The fraction of sp³-hybridized carbons (Fsp3) is 0.294. The van der Waals surface area contributed by atoms with Crippen molar-refractivity contribution in [3.8, 4) is 11.5 Å². The van der Waals surface area contributed by atoms with Crippen LogP contribution in [0, 0.1) is 0 Å². The minimum atomic E-state index is -1.91. The number of anilines is 1. The van der Waals surface area contributed by atoms with Gasteiger partial charge < -0.3 is 14.7 Å². The van der Waals surface area contributed by atoms with Crippen molar-refractivity contribution in [2.24, 2.45) is 0 Å². The molecule has 2 aromatic carbocycles. The van der Waals surface area contributed by atoms with Crippen LogP contribution in [0.25, 0.3) is 0 Å². The van der Waals surface area contributed by atoms with Gasteiger partial charge in [0.2, 0.25) is 0 Å². The molecule has 0 saturated carbocycles. The highest BCUT2D eigenvalue weighted by molar-refractivity contribution is 7.01. The zero-order valence-corrected chi connectivity index (χ0v) is 14.3. The third kappa shape index (κ3) is 2.90. The standard InChI is InChI=1S/C17H23NO2Si/c1-18(2)13-9-11-14(12-10-13)21(4,5)16-8-6-7-15(19)17(16)20-3/h6-12,19H,1-5H3. The van der Waals surface area contributed by atoms with Crippen molar-refractivity contribution in [1.82, 2.24) is 0 Å². The maximum absolute atomic E-state index is 10.0. The lowest BCUT2D eigenvalue weighted by Gasteiger charge is -2.26. The van der Waals surface area contributed by atoms with Crippen LogP contribution in [0.5, 0.6) is 11.5 Å². The van der Waals surface area contributed by atoms with Crippen molar-refractivity contribution in [3.63, 3.8) is 0 Å².